The molecule has 0 aliphatic heterocycles. The zero-order valence-corrected chi connectivity index (χ0v) is 12.5. The molecule has 0 saturated carbocycles. The number of aryl methyl sites for hydroxylation is 1. The van der Waals surface area contributed by atoms with Crippen molar-refractivity contribution in [2.24, 2.45) is 0 Å². The smallest absolute Gasteiger partial charge is 0.241 e. The van der Waals surface area contributed by atoms with E-state index in [-0.39, 0.29) is 0 Å². The second-order valence-electron chi connectivity index (χ2n) is 4.14. The first-order chi connectivity index (χ1) is 9.24. The number of rotatable bonds is 2. The predicted molar refractivity (Wildman–Crippen MR) is 83.5 cm³/mol. The first kappa shape index (κ1) is 12.3. The Kier molecular flexibility index (Phi) is 3.33. The van der Waals surface area contributed by atoms with E-state index in [0.29, 0.717) is 5.88 Å². The van der Waals surface area contributed by atoms with Crippen molar-refractivity contribution in [2.75, 3.05) is 0 Å². The normalized spacial score (nSPS) is 10.6. The van der Waals surface area contributed by atoms with Crippen LogP contribution in [0, 0.1) is 10.5 Å². The van der Waals surface area contributed by atoms with E-state index in [4.69, 9.17) is 4.74 Å². The molecule has 0 radical (unpaired) electrons. The van der Waals surface area contributed by atoms with Crippen LogP contribution in [-0.2, 0) is 0 Å². The molecule has 3 nitrogen and oxygen atoms in total. The Hall–Kier alpha value is -1.69. The van der Waals surface area contributed by atoms with Crippen LogP contribution in [0.3, 0.4) is 0 Å². The maximum atomic E-state index is 5.87. The van der Waals surface area contributed by atoms with E-state index in [0.717, 1.165) is 26.0 Å². The van der Waals surface area contributed by atoms with Gasteiger partial charge in [-0.2, -0.15) is 0 Å². The molecule has 94 valence electrons. The highest BCUT2D eigenvalue weighted by Gasteiger charge is 2.08. The molecule has 1 aromatic heterocycles. The number of aromatic nitrogens is 2. The van der Waals surface area contributed by atoms with E-state index < -0.39 is 0 Å². The third-order valence-corrected chi connectivity index (χ3v) is 3.64. The summed E-state index contributed by atoms with van der Waals surface area (Å²) >= 11 is 2.24. The van der Waals surface area contributed by atoms with Gasteiger partial charge in [0.25, 0.3) is 0 Å². The van der Waals surface area contributed by atoms with Gasteiger partial charge in [0.1, 0.15) is 11.4 Å². The number of ether oxygens (including phenoxy) is 1. The van der Waals surface area contributed by atoms with E-state index in [1.807, 2.05) is 55.5 Å². The lowest BCUT2D eigenvalue weighted by Crippen LogP contribution is -1.96. The predicted octanol–water partition coefficient (Wildman–Crippen LogP) is 4.34. The fourth-order valence-corrected chi connectivity index (χ4v) is 2.30. The fraction of sp³-hybridized carbons (Fsp3) is 0.0667. The average molecular weight is 362 g/mol. The Labute approximate surface area is 124 Å². The lowest BCUT2D eigenvalue weighted by atomic mass is 10.3. The molecular formula is C15H11IN2O. The third kappa shape index (κ3) is 2.53. The summed E-state index contributed by atoms with van der Waals surface area (Å²) in [5.74, 6) is 1.36. The Balaban J connectivity index is 2.06. The quantitative estimate of drug-likeness (QED) is 0.637. The second kappa shape index (κ2) is 5.13. The Morgan fingerprint density at radius 1 is 0.895 bits per heavy atom. The minimum absolute atomic E-state index is 0.558. The summed E-state index contributed by atoms with van der Waals surface area (Å²) < 4.78 is 6.92. The van der Waals surface area contributed by atoms with Crippen molar-refractivity contribution >= 4 is 33.6 Å². The Morgan fingerprint density at radius 2 is 1.53 bits per heavy atom. The molecule has 0 aliphatic rings. The number of para-hydroxylation sites is 3. The minimum Gasteiger partial charge on any atom is -0.436 e. The summed E-state index contributed by atoms with van der Waals surface area (Å²) in [5, 5.41) is 0. The van der Waals surface area contributed by atoms with Crippen molar-refractivity contribution in [3.8, 4) is 11.6 Å². The first-order valence-electron chi connectivity index (χ1n) is 5.90. The molecule has 0 bridgehead atoms. The van der Waals surface area contributed by atoms with Crippen molar-refractivity contribution < 1.29 is 4.74 Å². The van der Waals surface area contributed by atoms with Gasteiger partial charge in [-0.25, -0.2) is 9.97 Å². The van der Waals surface area contributed by atoms with Gasteiger partial charge in [0.15, 0.2) is 0 Å². The van der Waals surface area contributed by atoms with Crippen molar-refractivity contribution in [3.05, 3.63) is 57.8 Å². The van der Waals surface area contributed by atoms with Gasteiger partial charge in [-0.1, -0.05) is 24.3 Å². The van der Waals surface area contributed by atoms with Crippen LogP contribution in [0.15, 0.2) is 48.5 Å². The van der Waals surface area contributed by atoms with Gasteiger partial charge >= 0.3 is 0 Å². The van der Waals surface area contributed by atoms with Gasteiger partial charge in [0.05, 0.1) is 14.6 Å². The largest absolute Gasteiger partial charge is 0.436 e. The number of nitrogens with zero attached hydrogens (tertiary/aromatic N) is 2. The number of fused-ring (bicyclic) bond motifs is 1. The van der Waals surface area contributed by atoms with E-state index >= 15 is 0 Å². The molecule has 0 saturated heterocycles. The van der Waals surface area contributed by atoms with Gasteiger partial charge in [0, 0.05) is 0 Å². The highest BCUT2D eigenvalue weighted by molar-refractivity contribution is 14.1. The van der Waals surface area contributed by atoms with Gasteiger partial charge in [-0.15, -0.1) is 0 Å². The van der Waals surface area contributed by atoms with Crippen molar-refractivity contribution in [1.29, 1.82) is 0 Å². The molecule has 3 aromatic rings. The lowest BCUT2D eigenvalue weighted by molar-refractivity contribution is 0.455. The fourth-order valence-electron chi connectivity index (χ4n) is 1.80. The minimum atomic E-state index is 0.558. The van der Waals surface area contributed by atoms with E-state index in [1.54, 1.807) is 0 Å². The molecule has 2 aromatic carbocycles. The van der Waals surface area contributed by atoms with Gasteiger partial charge in [-0.05, 0) is 53.8 Å². The number of hydrogen-bond acceptors (Lipinski definition) is 3. The maximum absolute atomic E-state index is 5.87. The second-order valence-corrected chi connectivity index (χ2v) is 5.30. The molecule has 1 heterocycles. The SMILES string of the molecule is Cc1nc2ccccc2nc1Oc1ccccc1I. The summed E-state index contributed by atoms with van der Waals surface area (Å²) in [7, 11) is 0. The Bertz CT molecular complexity index is 743. The summed E-state index contributed by atoms with van der Waals surface area (Å²) in [5.41, 5.74) is 2.52. The zero-order valence-electron chi connectivity index (χ0n) is 10.3. The van der Waals surface area contributed by atoms with Crippen LogP contribution in [0.25, 0.3) is 11.0 Å². The van der Waals surface area contributed by atoms with Crippen molar-refractivity contribution in [1.82, 2.24) is 9.97 Å². The summed E-state index contributed by atoms with van der Waals surface area (Å²) in [6, 6.07) is 15.6. The van der Waals surface area contributed by atoms with Crippen LogP contribution in [0.2, 0.25) is 0 Å². The summed E-state index contributed by atoms with van der Waals surface area (Å²) in [6.07, 6.45) is 0. The van der Waals surface area contributed by atoms with Gasteiger partial charge < -0.3 is 4.74 Å². The molecular weight excluding hydrogens is 351 g/mol. The molecule has 0 spiro atoms. The van der Waals surface area contributed by atoms with E-state index in [9.17, 15) is 0 Å². The van der Waals surface area contributed by atoms with Crippen LogP contribution >= 0.6 is 22.6 Å². The lowest BCUT2D eigenvalue weighted by Gasteiger charge is -2.09. The molecule has 3 rings (SSSR count). The highest BCUT2D eigenvalue weighted by Crippen LogP contribution is 2.27. The molecule has 0 fully saturated rings. The topological polar surface area (TPSA) is 35.0 Å². The monoisotopic (exact) mass is 362 g/mol. The van der Waals surface area contributed by atoms with Crippen LogP contribution in [0.5, 0.6) is 11.6 Å². The molecule has 0 aliphatic carbocycles. The van der Waals surface area contributed by atoms with Gasteiger partial charge in [0.2, 0.25) is 5.88 Å². The molecule has 19 heavy (non-hydrogen) atoms. The van der Waals surface area contributed by atoms with E-state index in [1.165, 1.54) is 0 Å². The van der Waals surface area contributed by atoms with Crippen molar-refractivity contribution in [3.63, 3.8) is 0 Å². The number of halogens is 1. The summed E-state index contributed by atoms with van der Waals surface area (Å²) in [6.45, 7) is 1.91. The average Bonchev–Trinajstić information content (AvgIpc) is 2.42. The maximum Gasteiger partial charge on any atom is 0.241 e. The first-order valence-corrected chi connectivity index (χ1v) is 6.98. The van der Waals surface area contributed by atoms with Crippen LogP contribution in [0.1, 0.15) is 5.69 Å². The molecule has 4 heteroatoms. The standard InChI is InChI=1S/C15H11IN2O/c1-10-15(19-14-9-5-2-6-11(14)16)18-13-8-4-3-7-12(13)17-10/h2-9H,1H3. The zero-order chi connectivity index (χ0) is 13.2. The molecule has 0 unspecified atom stereocenters. The third-order valence-electron chi connectivity index (χ3n) is 2.74. The molecule has 0 amide bonds. The molecule has 0 atom stereocenters. The van der Waals surface area contributed by atoms with Crippen LogP contribution in [0.4, 0.5) is 0 Å². The van der Waals surface area contributed by atoms with Gasteiger partial charge in [-0.3, -0.25) is 0 Å². The number of hydrogen-bond donors (Lipinski definition) is 0. The van der Waals surface area contributed by atoms with E-state index in [2.05, 4.69) is 32.6 Å². The van der Waals surface area contributed by atoms with Crippen LogP contribution in [-0.4, -0.2) is 9.97 Å². The summed E-state index contributed by atoms with van der Waals surface area (Å²) in [4.78, 5) is 9.03. The number of benzene rings is 2. The Morgan fingerprint density at radius 3 is 2.26 bits per heavy atom. The van der Waals surface area contributed by atoms with Crippen molar-refractivity contribution in [2.45, 2.75) is 6.92 Å². The van der Waals surface area contributed by atoms with Crippen LogP contribution < -0.4 is 4.74 Å². The highest BCUT2D eigenvalue weighted by atomic mass is 127. The molecule has 0 N–H and O–H groups in total.